The van der Waals surface area contributed by atoms with E-state index in [4.69, 9.17) is 0 Å². The van der Waals surface area contributed by atoms with Gasteiger partial charge in [0, 0.05) is 0 Å². The highest BCUT2D eigenvalue weighted by Gasteiger charge is 2.09. The minimum absolute atomic E-state index is 0.709. The highest BCUT2D eigenvalue weighted by Crippen LogP contribution is 2.25. The summed E-state index contributed by atoms with van der Waals surface area (Å²) >= 11 is 0. The molecule has 3 aromatic carbocycles. The van der Waals surface area contributed by atoms with Crippen LogP contribution in [-0.2, 0) is 25.7 Å². The molecule has 0 saturated carbocycles. The Morgan fingerprint density at radius 1 is 0.611 bits per heavy atom. The first-order valence-corrected chi connectivity index (χ1v) is 13.6. The van der Waals surface area contributed by atoms with Crippen molar-refractivity contribution < 1.29 is 0 Å². The zero-order valence-electron chi connectivity index (χ0n) is 23.1. The van der Waals surface area contributed by atoms with E-state index in [1.54, 1.807) is 0 Å². The van der Waals surface area contributed by atoms with Crippen molar-refractivity contribution in [2.75, 3.05) is 0 Å². The molecular formula is C36H42. The number of hydrogen-bond acceptors (Lipinski definition) is 0. The van der Waals surface area contributed by atoms with Gasteiger partial charge in [-0.2, -0.15) is 0 Å². The quantitative estimate of drug-likeness (QED) is 0.284. The fourth-order valence-corrected chi connectivity index (χ4v) is 5.27. The van der Waals surface area contributed by atoms with Crippen molar-refractivity contribution in [3.8, 4) is 0 Å². The summed E-state index contributed by atoms with van der Waals surface area (Å²) in [6.07, 6.45) is 15.1. The molecule has 1 unspecified atom stereocenters. The number of fused-ring (bicyclic) bond motifs is 3. The fourth-order valence-electron chi connectivity index (χ4n) is 5.27. The van der Waals surface area contributed by atoms with E-state index in [0.29, 0.717) is 5.92 Å². The second-order valence-electron chi connectivity index (χ2n) is 11.1. The first-order chi connectivity index (χ1) is 17.3. The molecule has 186 valence electrons. The average molecular weight is 475 g/mol. The molecule has 0 fully saturated rings. The Kier molecular flexibility index (Phi) is 8.47. The number of allylic oxidation sites excluding steroid dienone is 4. The van der Waals surface area contributed by atoms with Crippen LogP contribution in [0.1, 0.15) is 77.3 Å². The second kappa shape index (κ2) is 11.7. The van der Waals surface area contributed by atoms with Crippen LogP contribution in [-0.4, -0.2) is 0 Å². The Hall–Kier alpha value is -3.12. The van der Waals surface area contributed by atoms with E-state index >= 15 is 0 Å². The van der Waals surface area contributed by atoms with Crippen LogP contribution in [0.25, 0.3) is 12.2 Å². The lowest BCUT2D eigenvalue weighted by Gasteiger charge is -2.15. The van der Waals surface area contributed by atoms with E-state index in [0.717, 1.165) is 12.8 Å². The summed E-state index contributed by atoms with van der Waals surface area (Å²) in [6, 6.07) is 20.2. The highest BCUT2D eigenvalue weighted by atomic mass is 14.1. The topological polar surface area (TPSA) is 0 Å². The third kappa shape index (κ3) is 6.97. The van der Waals surface area contributed by atoms with Crippen molar-refractivity contribution in [3.05, 3.63) is 128 Å². The molecular weight excluding hydrogens is 432 g/mol. The largest absolute Gasteiger partial charge is 0.0809 e. The third-order valence-electron chi connectivity index (χ3n) is 7.44. The molecule has 0 radical (unpaired) electrons. The molecule has 3 aliphatic carbocycles. The predicted octanol–water partition coefficient (Wildman–Crippen LogP) is 9.58. The van der Waals surface area contributed by atoms with Gasteiger partial charge >= 0.3 is 0 Å². The van der Waals surface area contributed by atoms with Gasteiger partial charge in [0.25, 0.3) is 0 Å². The highest BCUT2D eigenvalue weighted by molar-refractivity contribution is 5.60. The third-order valence-corrected chi connectivity index (χ3v) is 7.44. The Balaban J connectivity index is 0.000000127. The van der Waals surface area contributed by atoms with Crippen LogP contribution < -0.4 is 0 Å². The van der Waals surface area contributed by atoms with Crippen molar-refractivity contribution in [2.24, 2.45) is 5.92 Å². The zero-order chi connectivity index (χ0) is 25.7. The smallest absolute Gasteiger partial charge is 0.00669 e. The first-order valence-electron chi connectivity index (χ1n) is 13.6. The minimum atomic E-state index is 0.709. The van der Waals surface area contributed by atoms with E-state index in [-0.39, 0.29) is 0 Å². The summed E-state index contributed by atoms with van der Waals surface area (Å²) in [5.41, 5.74) is 16.0. The van der Waals surface area contributed by atoms with Crippen LogP contribution in [0.5, 0.6) is 0 Å². The minimum Gasteiger partial charge on any atom is -0.0809 e. The maximum atomic E-state index is 2.34. The van der Waals surface area contributed by atoms with Gasteiger partial charge in [-0.1, -0.05) is 114 Å². The standard InChI is InChI=1S/3C12H14/c3*1-9-3-5-12-8-10(2)4-6-11(12)7-9/h3,5,7-8H,4,6H2,1-2H3;3-5,7H,6,8H2,1-2H3;3-7,10H,8H2,1-2H3. The maximum Gasteiger partial charge on any atom is -0.00669 e. The molecule has 0 N–H and O–H groups in total. The average Bonchev–Trinajstić information content (AvgIpc) is 2.85. The van der Waals surface area contributed by atoms with Gasteiger partial charge in [-0.3, -0.25) is 0 Å². The van der Waals surface area contributed by atoms with Crippen LogP contribution in [0.4, 0.5) is 0 Å². The number of benzene rings is 3. The molecule has 0 heteroatoms. The Morgan fingerprint density at radius 2 is 1.28 bits per heavy atom. The molecule has 0 spiro atoms. The summed E-state index contributed by atoms with van der Waals surface area (Å²) in [5.74, 6) is 0.709. The van der Waals surface area contributed by atoms with Gasteiger partial charge in [0.2, 0.25) is 0 Å². The molecule has 3 aromatic rings. The molecule has 1 atom stereocenters. The van der Waals surface area contributed by atoms with E-state index in [2.05, 4.69) is 120 Å². The molecule has 3 aliphatic rings. The lowest BCUT2D eigenvalue weighted by molar-refractivity contribution is 0.717. The van der Waals surface area contributed by atoms with Crippen molar-refractivity contribution in [2.45, 2.75) is 73.6 Å². The summed E-state index contributed by atoms with van der Waals surface area (Å²) < 4.78 is 0. The number of hydrogen-bond donors (Lipinski definition) is 0. The molecule has 36 heavy (non-hydrogen) atoms. The normalized spacial score (nSPS) is 17.1. The second-order valence-corrected chi connectivity index (χ2v) is 11.1. The van der Waals surface area contributed by atoms with Gasteiger partial charge in [0.15, 0.2) is 0 Å². The number of rotatable bonds is 0. The summed E-state index contributed by atoms with van der Waals surface area (Å²) in [6.45, 7) is 13.1. The fraction of sp³-hybridized carbons (Fsp3) is 0.333. The Labute approximate surface area is 219 Å². The van der Waals surface area contributed by atoms with Crippen molar-refractivity contribution >= 4 is 12.2 Å². The van der Waals surface area contributed by atoms with E-state index < -0.39 is 0 Å². The summed E-state index contributed by atoms with van der Waals surface area (Å²) in [7, 11) is 0. The summed E-state index contributed by atoms with van der Waals surface area (Å²) in [4.78, 5) is 0. The van der Waals surface area contributed by atoms with Crippen molar-refractivity contribution in [3.63, 3.8) is 0 Å². The van der Waals surface area contributed by atoms with Gasteiger partial charge in [0.05, 0.1) is 0 Å². The van der Waals surface area contributed by atoms with Crippen LogP contribution >= 0.6 is 0 Å². The van der Waals surface area contributed by atoms with Gasteiger partial charge in [0.1, 0.15) is 0 Å². The summed E-state index contributed by atoms with van der Waals surface area (Å²) in [5, 5.41) is 0. The molecule has 6 rings (SSSR count). The van der Waals surface area contributed by atoms with Gasteiger partial charge in [-0.25, -0.2) is 0 Å². The van der Waals surface area contributed by atoms with Crippen LogP contribution in [0.3, 0.4) is 0 Å². The van der Waals surface area contributed by atoms with Crippen LogP contribution in [0.2, 0.25) is 0 Å². The van der Waals surface area contributed by atoms with Crippen LogP contribution in [0.15, 0.2) is 77.9 Å². The molecule has 0 aromatic heterocycles. The monoisotopic (exact) mass is 474 g/mol. The van der Waals surface area contributed by atoms with Gasteiger partial charge in [-0.15, -0.1) is 0 Å². The van der Waals surface area contributed by atoms with E-state index in [9.17, 15) is 0 Å². The first kappa shape index (κ1) is 26.0. The SMILES string of the molecule is CC1=CCc2cc(C)ccc2C1.CC1=Cc2ccc(C)cc2CC1.Cc1ccc2c(c1)C=CC(C)C2. The van der Waals surface area contributed by atoms with Crippen molar-refractivity contribution in [1.29, 1.82) is 0 Å². The van der Waals surface area contributed by atoms with E-state index in [1.807, 2.05) is 0 Å². The zero-order valence-corrected chi connectivity index (χ0v) is 23.1. The molecule has 0 saturated heterocycles. The number of aryl methyl sites for hydroxylation is 4. The molecule has 0 amide bonds. The Morgan fingerprint density at radius 3 is 2.06 bits per heavy atom. The molecule has 0 bridgehead atoms. The molecule has 0 heterocycles. The Bertz CT molecular complexity index is 1310. The van der Waals surface area contributed by atoms with Gasteiger partial charge in [-0.05, 0) is 106 Å². The van der Waals surface area contributed by atoms with E-state index in [1.165, 1.54) is 80.5 Å². The van der Waals surface area contributed by atoms with Crippen molar-refractivity contribution in [1.82, 2.24) is 0 Å². The molecule has 0 nitrogen and oxygen atoms in total. The lowest BCUT2D eigenvalue weighted by Crippen LogP contribution is -2.02. The van der Waals surface area contributed by atoms with Gasteiger partial charge < -0.3 is 0 Å². The lowest BCUT2D eigenvalue weighted by atomic mass is 9.90. The predicted molar refractivity (Wildman–Crippen MR) is 159 cm³/mol. The molecule has 0 aliphatic heterocycles. The maximum absolute atomic E-state index is 2.34. The van der Waals surface area contributed by atoms with Crippen LogP contribution in [0, 0.1) is 26.7 Å².